The van der Waals surface area contributed by atoms with E-state index in [1.165, 1.54) is 0 Å². The molecular formula is C19H26N6O3. The number of carbonyl (C=O) groups excluding carboxylic acids is 3. The molecule has 0 N–H and O–H groups in total. The van der Waals surface area contributed by atoms with Crippen LogP contribution in [0.3, 0.4) is 0 Å². The Bertz CT molecular complexity index is 750. The summed E-state index contributed by atoms with van der Waals surface area (Å²) in [6.07, 6.45) is 4.67. The maximum absolute atomic E-state index is 13.1. The fourth-order valence-electron chi connectivity index (χ4n) is 4.04. The van der Waals surface area contributed by atoms with Crippen molar-refractivity contribution in [3.8, 4) is 0 Å². The van der Waals surface area contributed by atoms with Crippen molar-refractivity contribution < 1.29 is 14.4 Å². The van der Waals surface area contributed by atoms with Gasteiger partial charge in [-0.2, -0.15) is 0 Å². The van der Waals surface area contributed by atoms with Crippen LogP contribution in [0.2, 0.25) is 0 Å². The van der Waals surface area contributed by atoms with Gasteiger partial charge in [0.25, 0.3) is 0 Å². The fourth-order valence-corrected chi connectivity index (χ4v) is 4.04. The Labute approximate surface area is 164 Å². The molecule has 2 saturated heterocycles. The molecule has 3 aliphatic rings. The molecule has 0 bridgehead atoms. The van der Waals surface area contributed by atoms with Crippen molar-refractivity contribution in [3.63, 3.8) is 0 Å². The van der Waals surface area contributed by atoms with E-state index in [1.807, 2.05) is 4.90 Å². The van der Waals surface area contributed by atoms with E-state index in [0.717, 1.165) is 0 Å². The third-order valence-corrected chi connectivity index (χ3v) is 5.98. The Morgan fingerprint density at radius 1 is 0.786 bits per heavy atom. The molecule has 9 heteroatoms. The lowest BCUT2D eigenvalue weighted by atomic mass is 10.0. The van der Waals surface area contributed by atoms with E-state index in [-0.39, 0.29) is 17.7 Å². The Kier molecular flexibility index (Phi) is 4.91. The lowest BCUT2D eigenvalue weighted by Crippen LogP contribution is -2.56. The van der Waals surface area contributed by atoms with Gasteiger partial charge in [0.05, 0.1) is 0 Å². The fraction of sp³-hybridized carbons (Fsp3) is 0.632. The number of anilines is 1. The number of hydrogen-bond donors (Lipinski definition) is 0. The van der Waals surface area contributed by atoms with E-state index in [4.69, 9.17) is 0 Å². The molecule has 0 unspecified atom stereocenters. The molecular weight excluding hydrogens is 360 g/mol. The molecule has 0 aromatic carbocycles. The molecule has 3 heterocycles. The second-order valence-corrected chi connectivity index (χ2v) is 7.71. The van der Waals surface area contributed by atoms with Crippen LogP contribution >= 0.6 is 0 Å². The average Bonchev–Trinajstić information content (AvgIpc) is 3.55. The second-order valence-electron chi connectivity index (χ2n) is 7.71. The average molecular weight is 386 g/mol. The molecule has 1 aromatic rings. The zero-order valence-electron chi connectivity index (χ0n) is 16.2. The van der Waals surface area contributed by atoms with Crippen molar-refractivity contribution in [3.05, 3.63) is 18.5 Å². The van der Waals surface area contributed by atoms with Crippen molar-refractivity contribution in [2.75, 3.05) is 57.3 Å². The standard InChI is InChI=1S/C19H26N6O3/c1-15(26)22-7-9-23(10-8-22)16(27)19(3-4-19)17(28)24-11-13-25(14-12-24)18-20-5-2-6-21-18/h2,5-6H,3-4,7-14H2,1H3. The van der Waals surface area contributed by atoms with Crippen LogP contribution in [0, 0.1) is 5.41 Å². The summed E-state index contributed by atoms with van der Waals surface area (Å²) in [5.74, 6) is 0.606. The van der Waals surface area contributed by atoms with Crippen LogP contribution < -0.4 is 4.90 Å². The van der Waals surface area contributed by atoms with Crippen molar-refractivity contribution in [1.82, 2.24) is 24.7 Å². The quantitative estimate of drug-likeness (QED) is 0.657. The molecule has 3 amide bonds. The van der Waals surface area contributed by atoms with Crippen molar-refractivity contribution >= 4 is 23.7 Å². The third kappa shape index (κ3) is 3.41. The van der Waals surface area contributed by atoms with Crippen LogP contribution in [0.4, 0.5) is 5.95 Å². The van der Waals surface area contributed by atoms with Gasteiger partial charge in [-0.3, -0.25) is 14.4 Å². The molecule has 4 rings (SSSR count). The van der Waals surface area contributed by atoms with E-state index in [9.17, 15) is 14.4 Å². The SMILES string of the molecule is CC(=O)N1CCN(C(=O)C2(C(=O)N3CCN(c4ncccn4)CC3)CC2)CC1. The third-order valence-electron chi connectivity index (χ3n) is 5.98. The topological polar surface area (TPSA) is 90.0 Å². The maximum atomic E-state index is 13.1. The highest BCUT2D eigenvalue weighted by Gasteiger charge is 2.59. The molecule has 0 atom stereocenters. The van der Waals surface area contributed by atoms with Gasteiger partial charge in [-0.15, -0.1) is 0 Å². The molecule has 28 heavy (non-hydrogen) atoms. The van der Waals surface area contributed by atoms with Gasteiger partial charge in [0.1, 0.15) is 5.41 Å². The largest absolute Gasteiger partial charge is 0.339 e. The number of rotatable bonds is 3. The van der Waals surface area contributed by atoms with E-state index < -0.39 is 5.41 Å². The number of aromatic nitrogens is 2. The summed E-state index contributed by atoms with van der Waals surface area (Å²) >= 11 is 0. The number of carbonyl (C=O) groups is 3. The Morgan fingerprint density at radius 2 is 1.25 bits per heavy atom. The van der Waals surface area contributed by atoms with Crippen LogP contribution in [0.1, 0.15) is 19.8 Å². The molecule has 0 spiro atoms. The highest BCUT2D eigenvalue weighted by molar-refractivity contribution is 6.08. The first-order chi connectivity index (χ1) is 13.5. The summed E-state index contributed by atoms with van der Waals surface area (Å²) in [7, 11) is 0. The smallest absolute Gasteiger partial charge is 0.238 e. The Balaban J connectivity index is 1.34. The zero-order chi connectivity index (χ0) is 19.7. The summed E-state index contributed by atoms with van der Waals surface area (Å²) in [5, 5.41) is 0. The van der Waals surface area contributed by atoms with Crippen molar-refractivity contribution in [2.24, 2.45) is 5.41 Å². The van der Waals surface area contributed by atoms with Gasteiger partial charge in [-0.25, -0.2) is 9.97 Å². The predicted molar refractivity (Wildman–Crippen MR) is 101 cm³/mol. The van der Waals surface area contributed by atoms with Gasteiger partial charge < -0.3 is 19.6 Å². The molecule has 150 valence electrons. The van der Waals surface area contributed by atoms with Gasteiger partial charge in [0.2, 0.25) is 23.7 Å². The minimum Gasteiger partial charge on any atom is -0.339 e. The highest BCUT2D eigenvalue weighted by atomic mass is 16.2. The van der Waals surface area contributed by atoms with Crippen molar-refractivity contribution in [2.45, 2.75) is 19.8 Å². The zero-order valence-corrected chi connectivity index (χ0v) is 16.2. The van der Waals surface area contributed by atoms with Crippen molar-refractivity contribution in [1.29, 1.82) is 0 Å². The second kappa shape index (κ2) is 7.37. The predicted octanol–water partition coefficient (Wildman–Crippen LogP) is -0.404. The van der Waals surface area contributed by atoms with Crippen LogP contribution in [-0.2, 0) is 14.4 Å². The lowest BCUT2D eigenvalue weighted by molar-refractivity contribution is -0.152. The van der Waals surface area contributed by atoms with Gasteiger partial charge in [-0.1, -0.05) is 0 Å². The highest BCUT2D eigenvalue weighted by Crippen LogP contribution is 2.49. The normalized spacial score (nSPS) is 21.5. The molecule has 2 aliphatic heterocycles. The van der Waals surface area contributed by atoms with Crippen LogP contribution in [0.25, 0.3) is 0 Å². The molecule has 9 nitrogen and oxygen atoms in total. The molecule has 1 aliphatic carbocycles. The van der Waals surface area contributed by atoms with Gasteiger partial charge >= 0.3 is 0 Å². The first-order valence-corrected chi connectivity index (χ1v) is 9.87. The summed E-state index contributed by atoms with van der Waals surface area (Å²) in [6.45, 7) is 6.12. The maximum Gasteiger partial charge on any atom is 0.238 e. The van der Waals surface area contributed by atoms with E-state index in [2.05, 4.69) is 14.9 Å². The van der Waals surface area contributed by atoms with E-state index in [0.29, 0.717) is 71.1 Å². The first kappa shape index (κ1) is 18.6. The minimum atomic E-state index is -0.871. The monoisotopic (exact) mass is 386 g/mol. The summed E-state index contributed by atoms with van der Waals surface area (Å²) < 4.78 is 0. The summed E-state index contributed by atoms with van der Waals surface area (Å²) in [6, 6.07) is 1.78. The Hall–Kier alpha value is -2.71. The summed E-state index contributed by atoms with van der Waals surface area (Å²) in [5.41, 5.74) is -0.871. The van der Waals surface area contributed by atoms with E-state index in [1.54, 1.807) is 35.2 Å². The number of hydrogen-bond acceptors (Lipinski definition) is 6. The van der Waals surface area contributed by atoms with Crippen LogP contribution in [-0.4, -0.2) is 94.7 Å². The van der Waals surface area contributed by atoms with Gasteiger partial charge in [0.15, 0.2) is 0 Å². The number of amides is 3. The van der Waals surface area contributed by atoms with Crippen LogP contribution in [0.5, 0.6) is 0 Å². The summed E-state index contributed by atoms with van der Waals surface area (Å²) in [4.78, 5) is 53.6. The Morgan fingerprint density at radius 3 is 1.71 bits per heavy atom. The number of nitrogens with zero attached hydrogens (tertiary/aromatic N) is 6. The molecule has 0 radical (unpaired) electrons. The first-order valence-electron chi connectivity index (χ1n) is 9.87. The molecule has 3 fully saturated rings. The molecule has 1 aromatic heterocycles. The van der Waals surface area contributed by atoms with Gasteiger partial charge in [0, 0.05) is 71.7 Å². The van der Waals surface area contributed by atoms with Gasteiger partial charge in [-0.05, 0) is 18.9 Å². The molecule has 1 saturated carbocycles. The minimum absolute atomic E-state index is 0.0320. The lowest BCUT2D eigenvalue weighted by Gasteiger charge is -2.39. The van der Waals surface area contributed by atoms with E-state index >= 15 is 0 Å². The van der Waals surface area contributed by atoms with Crippen LogP contribution in [0.15, 0.2) is 18.5 Å². The number of piperazine rings is 2.